The number of nitrogens with one attached hydrogen (secondary N) is 1. The lowest BCUT2D eigenvalue weighted by Gasteiger charge is -2.28. The van der Waals surface area contributed by atoms with Crippen LogP contribution in [-0.4, -0.2) is 25.6 Å². The maximum absolute atomic E-state index is 5.12. The van der Waals surface area contributed by atoms with Gasteiger partial charge in [0.1, 0.15) is 6.17 Å². The fourth-order valence-corrected chi connectivity index (χ4v) is 6.39. The van der Waals surface area contributed by atoms with Gasteiger partial charge in [-0.3, -0.25) is 15.0 Å². The van der Waals surface area contributed by atoms with Crippen molar-refractivity contribution in [3.05, 3.63) is 198 Å². The van der Waals surface area contributed by atoms with E-state index in [1.165, 1.54) is 11.1 Å². The second-order valence-corrected chi connectivity index (χ2v) is 13.1. The van der Waals surface area contributed by atoms with Crippen LogP contribution in [0.2, 0.25) is 0 Å². The highest BCUT2D eigenvalue weighted by atomic mass is 15.1. The van der Waals surface area contributed by atoms with E-state index < -0.39 is 0 Å². The number of hydrogen-bond acceptors (Lipinski definition) is 6. The van der Waals surface area contributed by atoms with Crippen molar-refractivity contribution in [3.63, 3.8) is 0 Å². The van der Waals surface area contributed by atoms with Gasteiger partial charge in [0.05, 0.1) is 34.2 Å². The first kappa shape index (κ1) is 31.7. The van der Waals surface area contributed by atoms with Crippen LogP contribution in [0.15, 0.2) is 175 Å². The van der Waals surface area contributed by atoms with Crippen molar-refractivity contribution < 1.29 is 0 Å². The third-order valence-corrected chi connectivity index (χ3v) is 9.39. The molecule has 0 saturated heterocycles. The molecule has 3 aromatic heterocycles. The molecule has 0 spiro atoms. The molecule has 0 radical (unpaired) electrons. The number of aliphatic imine (C=N–C) groups is 1. The second kappa shape index (κ2) is 13.8. The van der Waals surface area contributed by atoms with E-state index in [1.54, 1.807) is 6.20 Å². The number of pyridine rings is 2. The molecule has 1 aliphatic heterocycles. The van der Waals surface area contributed by atoms with Crippen LogP contribution >= 0.6 is 0 Å². The molecule has 7 aromatic rings. The minimum Gasteiger partial charge on any atom is -0.358 e. The summed E-state index contributed by atoms with van der Waals surface area (Å²) < 4.78 is 0. The summed E-state index contributed by atoms with van der Waals surface area (Å²) in [5.41, 5.74) is 11.5. The number of hydrogen-bond donors (Lipinski definition) is 1. The molecule has 0 bridgehead atoms. The lowest BCUT2D eigenvalue weighted by molar-refractivity contribution is 0.634. The monoisotopic (exact) mass is 660 g/mol. The van der Waals surface area contributed by atoms with Gasteiger partial charge in [0.25, 0.3) is 0 Å². The SMILES string of the molecule is CC(C)(c1ccc(-c2nc(-c3ccccc3)cc(-c3ccccn3)n2)cc1)c1ccc(C2N=C(c3ccccc3)C=C(c3ccccn3)N2)cc1. The van der Waals surface area contributed by atoms with Gasteiger partial charge in [0, 0.05) is 28.9 Å². The molecular weight excluding hydrogens is 625 g/mol. The molecule has 246 valence electrons. The molecule has 8 rings (SSSR count). The molecule has 4 heterocycles. The third kappa shape index (κ3) is 6.72. The summed E-state index contributed by atoms with van der Waals surface area (Å²) in [4.78, 5) is 24.2. The zero-order chi connectivity index (χ0) is 34.6. The first-order valence-corrected chi connectivity index (χ1v) is 17.1. The topological polar surface area (TPSA) is 76.0 Å². The van der Waals surface area contributed by atoms with Crippen molar-refractivity contribution in [1.29, 1.82) is 0 Å². The molecule has 4 aromatic carbocycles. The number of nitrogens with zero attached hydrogens (tertiary/aromatic N) is 5. The van der Waals surface area contributed by atoms with E-state index in [2.05, 4.69) is 108 Å². The molecule has 1 N–H and O–H groups in total. The molecule has 0 saturated carbocycles. The van der Waals surface area contributed by atoms with E-state index in [4.69, 9.17) is 15.0 Å². The van der Waals surface area contributed by atoms with Crippen molar-refractivity contribution in [2.75, 3.05) is 0 Å². The molecule has 0 fully saturated rings. The first-order chi connectivity index (χ1) is 25.0. The van der Waals surface area contributed by atoms with Gasteiger partial charge in [-0.25, -0.2) is 9.97 Å². The van der Waals surface area contributed by atoms with Gasteiger partial charge < -0.3 is 5.32 Å². The van der Waals surface area contributed by atoms with Crippen LogP contribution in [0.4, 0.5) is 0 Å². The molecule has 1 aliphatic rings. The zero-order valence-electron chi connectivity index (χ0n) is 28.5. The van der Waals surface area contributed by atoms with Crippen LogP contribution in [0.3, 0.4) is 0 Å². The second-order valence-electron chi connectivity index (χ2n) is 13.1. The van der Waals surface area contributed by atoms with E-state index in [9.17, 15) is 0 Å². The standard InChI is InChI=1S/C45H36N6/c1-45(2,35-23-19-33(20-24-35)43-48-39(31-13-5-3-6-14-31)29-41(50-43)37-17-9-11-27-46-37)36-25-21-34(22-26-36)44-49-40(32-15-7-4-8-16-32)30-42(51-44)38-18-10-12-28-47-38/h3-30,43,50H,1-2H3. The van der Waals surface area contributed by atoms with Crippen LogP contribution < -0.4 is 5.32 Å². The molecule has 0 amide bonds. The Kier molecular flexibility index (Phi) is 8.56. The zero-order valence-corrected chi connectivity index (χ0v) is 28.5. The molecule has 51 heavy (non-hydrogen) atoms. The normalized spacial score (nSPS) is 14.3. The Hall–Kier alpha value is -6.53. The quantitative estimate of drug-likeness (QED) is 0.176. The van der Waals surface area contributed by atoms with Gasteiger partial charge in [0.2, 0.25) is 0 Å². The molecule has 1 atom stereocenters. The van der Waals surface area contributed by atoms with E-state index in [-0.39, 0.29) is 11.6 Å². The average molecular weight is 661 g/mol. The summed E-state index contributed by atoms with van der Waals surface area (Å²) in [5, 5.41) is 3.62. The molecule has 0 aliphatic carbocycles. The average Bonchev–Trinajstić information content (AvgIpc) is 3.22. The summed E-state index contributed by atoms with van der Waals surface area (Å²) in [5.74, 6) is 0.667. The van der Waals surface area contributed by atoms with E-state index >= 15 is 0 Å². The Balaban J connectivity index is 1.07. The highest BCUT2D eigenvalue weighted by Crippen LogP contribution is 2.35. The van der Waals surface area contributed by atoms with Crippen LogP contribution in [0, 0.1) is 0 Å². The van der Waals surface area contributed by atoms with Crippen LogP contribution in [0.1, 0.15) is 48.0 Å². The number of aromatic nitrogens is 4. The van der Waals surface area contributed by atoms with Gasteiger partial charge in [-0.2, -0.15) is 0 Å². The van der Waals surface area contributed by atoms with Crippen molar-refractivity contribution in [3.8, 4) is 34.0 Å². The molecule has 6 heteroatoms. The Morgan fingerprint density at radius 2 is 1.08 bits per heavy atom. The predicted molar refractivity (Wildman–Crippen MR) is 206 cm³/mol. The van der Waals surface area contributed by atoms with Crippen molar-refractivity contribution in [2.24, 2.45) is 4.99 Å². The third-order valence-electron chi connectivity index (χ3n) is 9.39. The maximum atomic E-state index is 5.12. The van der Waals surface area contributed by atoms with Crippen LogP contribution in [-0.2, 0) is 5.41 Å². The first-order valence-electron chi connectivity index (χ1n) is 17.1. The summed E-state index contributed by atoms with van der Waals surface area (Å²) in [6, 6.07) is 51.7. The fraction of sp³-hybridized carbons (Fsp3) is 0.0889. The van der Waals surface area contributed by atoms with Gasteiger partial charge in [-0.15, -0.1) is 0 Å². The minimum absolute atomic E-state index is 0.249. The van der Waals surface area contributed by atoms with Crippen LogP contribution in [0.5, 0.6) is 0 Å². The summed E-state index contributed by atoms with van der Waals surface area (Å²) in [7, 11) is 0. The largest absolute Gasteiger partial charge is 0.358 e. The Bertz CT molecular complexity index is 2260. The summed E-state index contributed by atoms with van der Waals surface area (Å²) in [6.07, 6.45) is 5.44. The highest BCUT2D eigenvalue weighted by molar-refractivity contribution is 6.12. The molecule has 1 unspecified atom stereocenters. The van der Waals surface area contributed by atoms with Crippen LogP contribution in [0.25, 0.3) is 39.7 Å². The number of benzene rings is 4. The van der Waals surface area contributed by atoms with Crippen molar-refractivity contribution in [1.82, 2.24) is 25.3 Å². The van der Waals surface area contributed by atoms with Gasteiger partial charge >= 0.3 is 0 Å². The van der Waals surface area contributed by atoms with E-state index in [0.717, 1.165) is 56.4 Å². The fourth-order valence-electron chi connectivity index (χ4n) is 6.39. The Morgan fingerprint density at radius 1 is 0.510 bits per heavy atom. The number of rotatable bonds is 8. The summed E-state index contributed by atoms with van der Waals surface area (Å²) >= 11 is 0. The summed E-state index contributed by atoms with van der Waals surface area (Å²) in [6.45, 7) is 4.52. The Morgan fingerprint density at radius 3 is 1.71 bits per heavy atom. The predicted octanol–water partition coefficient (Wildman–Crippen LogP) is 9.73. The lowest BCUT2D eigenvalue weighted by atomic mass is 9.77. The minimum atomic E-state index is -0.250. The van der Waals surface area contributed by atoms with E-state index in [0.29, 0.717) is 5.82 Å². The Labute approximate surface area is 298 Å². The maximum Gasteiger partial charge on any atom is 0.160 e. The van der Waals surface area contributed by atoms with Gasteiger partial charge in [0.15, 0.2) is 5.82 Å². The van der Waals surface area contributed by atoms with Gasteiger partial charge in [-0.1, -0.05) is 135 Å². The highest BCUT2D eigenvalue weighted by Gasteiger charge is 2.25. The van der Waals surface area contributed by atoms with Gasteiger partial charge in [-0.05, 0) is 58.7 Å². The molecular formula is C45H36N6. The van der Waals surface area contributed by atoms with Crippen molar-refractivity contribution in [2.45, 2.75) is 25.4 Å². The lowest BCUT2D eigenvalue weighted by Crippen LogP contribution is -2.25. The van der Waals surface area contributed by atoms with Crippen molar-refractivity contribution >= 4 is 11.4 Å². The molecule has 6 nitrogen and oxygen atoms in total. The smallest absolute Gasteiger partial charge is 0.160 e. The van der Waals surface area contributed by atoms with E-state index in [1.807, 2.05) is 85.1 Å². The number of allylic oxidation sites excluding steroid dienone is 1.